The van der Waals surface area contributed by atoms with Gasteiger partial charge in [-0.15, -0.1) is 11.6 Å². The summed E-state index contributed by atoms with van der Waals surface area (Å²) in [6.07, 6.45) is 4.53. The molecule has 1 fully saturated rings. The first-order valence-electron chi connectivity index (χ1n) is 7.14. The van der Waals surface area contributed by atoms with E-state index in [1.165, 1.54) is 18.4 Å². The van der Waals surface area contributed by atoms with E-state index in [4.69, 9.17) is 23.2 Å². The third-order valence-corrected chi connectivity index (χ3v) is 4.48. The quantitative estimate of drug-likeness (QED) is 0.702. The van der Waals surface area contributed by atoms with Crippen LogP contribution in [0, 0.1) is 0 Å². The smallest absolute Gasteiger partial charge is 0.131 e. The van der Waals surface area contributed by atoms with Gasteiger partial charge in [0.1, 0.15) is 5.15 Å². The van der Waals surface area contributed by atoms with Crippen molar-refractivity contribution >= 4 is 23.2 Å². The largest absolute Gasteiger partial charge is 0.253 e. The van der Waals surface area contributed by atoms with Crippen LogP contribution in [-0.4, -0.2) is 9.78 Å². The maximum absolute atomic E-state index is 6.40. The number of hydrogen-bond donors (Lipinski definition) is 0. The van der Waals surface area contributed by atoms with Crippen molar-refractivity contribution in [2.45, 2.75) is 44.0 Å². The van der Waals surface area contributed by atoms with Crippen molar-refractivity contribution in [3.63, 3.8) is 0 Å². The van der Waals surface area contributed by atoms with Gasteiger partial charge in [-0.05, 0) is 31.2 Å². The molecule has 0 saturated heterocycles. The fourth-order valence-corrected chi connectivity index (χ4v) is 3.15. The van der Waals surface area contributed by atoms with E-state index < -0.39 is 0 Å². The van der Waals surface area contributed by atoms with Gasteiger partial charge in [-0.1, -0.05) is 41.9 Å². The van der Waals surface area contributed by atoms with Crippen molar-refractivity contribution in [2.75, 3.05) is 0 Å². The molecule has 2 aromatic rings. The summed E-state index contributed by atoms with van der Waals surface area (Å²) in [6, 6.07) is 10.5. The van der Waals surface area contributed by atoms with Gasteiger partial charge in [0.2, 0.25) is 0 Å². The van der Waals surface area contributed by atoms with Gasteiger partial charge < -0.3 is 0 Å². The molecule has 0 aliphatic heterocycles. The van der Waals surface area contributed by atoms with Crippen LogP contribution in [0.2, 0.25) is 5.15 Å². The Morgan fingerprint density at radius 2 is 1.95 bits per heavy atom. The molecule has 3 rings (SSSR count). The van der Waals surface area contributed by atoms with Crippen molar-refractivity contribution in [3.05, 3.63) is 52.3 Å². The minimum atomic E-state index is 0.462. The van der Waals surface area contributed by atoms with E-state index >= 15 is 0 Å². The molecule has 0 bridgehead atoms. The van der Waals surface area contributed by atoms with Crippen molar-refractivity contribution in [2.24, 2.45) is 0 Å². The van der Waals surface area contributed by atoms with Gasteiger partial charge in [0.25, 0.3) is 0 Å². The second-order valence-electron chi connectivity index (χ2n) is 5.37. The van der Waals surface area contributed by atoms with Gasteiger partial charge in [-0.25, -0.2) is 0 Å². The zero-order valence-corrected chi connectivity index (χ0v) is 12.9. The number of rotatable bonds is 6. The van der Waals surface area contributed by atoms with Gasteiger partial charge in [0, 0.05) is 18.0 Å². The Balaban J connectivity index is 1.65. The second kappa shape index (κ2) is 6.19. The minimum Gasteiger partial charge on any atom is -0.253 e. The number of alkyl halides is 1. The van der Waals surface area contributed by atoms with Crippen LogP contribution in [0.25, 0.3) is 0 Å². The van der Waals surface area contributed by atoms with E-state index in [2.05, 4.69) is 29.4 Å². The molecule has 1 heterocycles. The van der Waals surface area contributed by atoms with E-state index in [9.17, 15) is 0 Å². The van der Waals surface area contributed by atoms with Gasteiger partial charge >= 0.3 is 0 Å². The molecule has 2 nitrogen and oxygen atoms in total. The maximum atomic E-state index is 6.40. The standard InChI is InChI=1S/C16H18Cl2N2/c17-11-14-15(13-8-9-13)19-20(16(14)18)10-4-7-12-5-2-1-3-6-12/h1-3,5-6,13H,4,7-11H2. The summed E-state index contributed by atoms with van der Waals surface area (Å²) >= 11 is 12.4. The Bertz CT molecular complexity index is 574. The van der Waals surface area contributed by atoms with Crippen LogP contribution in [0.3, 0.4) is 0 Å². The highest BCUT2D eigenvalue weighted by atomic mass is 35.5. The van der Waals surface area contributed by atoms with Crippen LogP contribution < -0.4 is 0 Å². The van der Waals surface area contributed by atoms with Crippen LogP contribution in [-0.2, 0) is 18.8 Å². The fourth-order valence-electron chi connectivity index (χ4n) is 2.53. The fraction of sp³-hybridized carbons (Fsp3) is 0.438. The van der Waals surface area contributed by atoms with Gasteiger partial charge in [0.15, 0.2) is 0 Å². The number of aryl methyl sites for hydroxylation is 2. The second-order valence-corrected chi connectivity index (χ2v) is 6.00. The lowest BCUT2D eigenvalue weighted by Crippen LogP contribution is -2.02. The highest BCUT2D eigenvalue weighted by Crippen LogP contribution is 2.43. The summed E-state index contributed by atoms with van der Waals surface area (Å²) in [5.74, 6) is 1.06. The Labute approximate surface area is 129 Å². The molecule has 0 unspecified atom stereocenters. The zero-order chi connectivity index (χ0) is 13.9. The molecule has 1 saturated carbocycles. The van der Waals surface area contributed by atoms with E-state index in [0.717, 1.165) is 35.8 Å². The predicted molar refractivity (Wildman–Crippen MR) is 83.5 cm³/mol. The Kier molecular flexibility index (Phi) is 4.32. The molecule has 0 N–H and O–H groups in total. The van der Waals surface area contributed by atoms with Crippen molar-refractivity contribution in [3.8, 4) is 0 Å². The lowest BCUT2D eigenvalue weighted by atomic mass is 10.1. The summed E-state index contributed by atoms with van der Waals surface area (Å²) in [5, 5.41) is 5.41. The van der Waals surface area contributed by atoms with Crippen LogP contribution in [0.4, 0.5) is 0 Å². The van der Waals surface area contributed by atoms with Crippen LogP contribution >= 0.6 is 23.2 Å². The van der Waals surface area contributed by atoms with E-state index in [1.54, 1.807) is 0 Å². The van der Waals surface area contributed by atoms with Gasteiger partial charge in [0.05, 0.1) is 11.6 Å². The molecule has 20 heavy (non-hydrogen) atoms. The molecule has 1 aliphatic rings. The molecule has 4 heteroatoms. The van der Waals surface area contributed by atoms with E-state index in [1.807, 2.05) is 10.7 Å². The summed E-state index contributed by atoms with van der Waals surface area (Å²) in [5.41, 5.74) is 3.52. The number of nitrogens with zero attached hydrogens (tertiary/aromatic N) is 2. The molecule has 106 valence electrons. The van der Waals surface area contributed by atoms with Gasteiger partial charge in [-0.3, -0.25) is 4.68 Å². The molecular weight excluding hydrogens is 291 g/mol. The Morgan fingerprint density at radius 3 is 2.60 bits per heavy atom. The van der Waals surface area contributed by atoms with Crippen LogP contribution in [0.15, 0.2) is 30.3 Å². The van der Waals surface area contributed by atoms with E-state index in [-0.39, 0.29) is 0 Å². The predicted octanol–water partition coefficient (Wildman–Crippen LogP) is 4.79. The van der Waals surface area contributed by atoms with Crippen LogP contribution in [0.1, 0.15) is 42.0 Å². The number of benzene rings is 1. The summed E-state index contributed by atoms with van der Waals surface area (Å²) in [7, 11) is 0. The monoisotopic (exact) mass is 308 g/mol. The topological polar surface area (TPSA) is 17.8 Å². The molecule has 0 spiro atoms. The summed E-state index contributed by atoms with van der Waals surface area (Å²) < 4.78 is 1.93. The van der Waals surface area contributed by atoms with Crippen molar-refractivity contribution in [1.82, 2.24) is 9.78 Å². The summed E-state index contributed by atoms with van der Waals surface area (Å²) in [4.78, 5) is 0. The number of aromatic nitrogens is 2. The maximum Gasteiger partial charge on any atom is 0.131 e. The first-order valence-corrected chi connectivity index (χ1v) is 8.06. The average molecular weight is 309 g/mol. The molecular formula is C16H18Cl2N2. The van der Waals surface area contributed by atoms with Gasteiger partial charge in [-0.2, -0.15) is 5.10 Å². The molecule has 0 atom stereocenters. The van der Waals surface area contributed by atoms with E-state index in [0.29, 0.717) is 11.8 Å². The third-order valence-electron chi connectivity index (χ3n) is 3.79. The van der Waals surface area contributed by atoms with Crippen LogP contribution in [0.5, 0.6) is 0 Å². The first-order chi connectivity index (χ1) is 9.79. The third kappa shape index (κ3) is 3.02. The number of halogens is 2. The normalized spacial score (nSPS) is 14.7. The minimum absolute atomic E-state index is 0.462. The molecule has 0 radical (unpaired) electrons. The lowest BCUT2D eigenvalue weighted by molar-refractivity contribution is 0.573. The van der Waals surface area contributed by atoms with Crippen molar-refractivity contribution in [1.29, 1.82) is 0 Å². The highest BCUT2D eigenvalue weighted by molar-refractivity contribution is 6.31. The Hall–Kier alpha value is -0.990. The highest BCUT2D eigenvalue weighted by Gasteiger charge is 2.30. The molecule has 1 aromatic heterocycles. The zero-order valence-electron chi connectivity index (χ0n) is 11.4. The molecule has 0 amide bonds. The number of hydrogen-bond acceptors (Lipinski definition) is 1. The molecule has 1 aliphatic carbocycles. The summed E-state index contributed by atoms with van der Waals surface area (Å²) in [6.45, 7) is 0.852. The first kappa shape index (κ1) is 14.0. The SMILES string of the molecule is ClCc1c(C2CC2)nn(CCCc2ccccc2)c1Cl. The Morgan fingerprint density at radius 1 is 1.20 bits per heavy atom. The lowest BCUT2D eigenvalue weighted by Gasteiger charge is -2.04. The average Bonchev–Trinajstić information content (AvgIpc) is 3.26. The van der Waals surface area contributed by atoms with Crippen molar-refractivity contribution < 1.29 is 0 Å². The molecule has 1 aromatic carbocycles.